The number of ether oxygens (including phenoxy) is 1. The zero-order valence-corrected chi connectivity index (χ0v) is 14.7. The predicted octanol–water partition coefficient (Wildman–Crippen LogP) is 5.19. The maximum absolute atomic E-state index is 6.17. The third-order valence-corrected chi connectivity index (χ3v) is 3.57. The maximum atomic E-state index is 6.17. The molecule has 2 aromatic rings. The molecule has 0 radical (unpaired) electrons. The molecule has 0 amide bonds. The second-order valence-corrected chi connectivity index (χ2v) is 5.46. The van der Waals surface area contributed by atoms with Gasteiger partial charge in [0.1, 0.15) is 11.5 Å². The van der Waals surface area contributed by atoms with Crippen molar-refractivity contribution >= 4 is 35.6 Å². The van der Waals surface area contributed by atoms with E-state index in [1.54, 1.807) is 12.1 Å². The van der Waals surface area contributed by atoms with Crippen LogP contribution < -0.4 is 5.32 Å². The van der Waals surface area contributed by atoms with Gasteiger partial charge < -0.3 is 14.5 Å². The van der Waals surface area contributed by atoms with Crippen LogP contribution in [0.1, 0.15) is 19.1 Å². The first kappa shape index (κ1) is 19.3. The molecule has 3 nitrogen and oxygen atoms in total. The molecule has 0 aliphatic rings. The van der Waals surface area contributed by atoms with Gasteiger partial charge in [-0.05, 0) is 50.2 Å². The summed E-state index contributed by atoms with van der Waals surface area (Å²) in [6.45, 7) is 5.13. The fourth-order valence-electron chi connectivity index (χ4n) is 1.96. The number of benzene rings is 1. The van der Waals surface area contributed by atoms with Crippen LogP contribution in [0, 0.1) is 0 Å². The molecule has 1 heterocycles. The van der Waals surface area contributed by atoms with Crippen LogP contribution in [0.4, 0.5) is 0 Å². The van der Waals surface area contributed by atoms with E-state index >= 15 is 0 Å². The summed E-state index contributed by atoms with van der Waals surface area (Å²) in [7, 11) is 0. The van der Waals surface area contributed by atoms with E-state index in [-0.39, 0.29) is 12.4 Å². The number of hydrogen-bond acceptors (Lipinski definition) is 3. The Morgan fingerprint density at radius 1 is 1.18 bits per heavy atom. The van der Waals surface area contributed by atoms with Gasteiger partial charge >= 0.3 is 0 Å². The summed E-state index contributed by atoms with van der Waals surface area (Å²) in [4.78, 5) is 0. The Morgan fingerprint density at radius 2 is 2.00 bits per heavy atom. The van der Waals surface area contributed by atoms with Crippen molar-refractivity contribution in [2.75, 3.05) is 19.8 Å². The molecular formula is C16H20Cl3NO2. The molecule has 0 spiro atoms. The average Bonchev–Trinajstić information content (AvgIpc) is 2.94. The minimum atomic E-state index is 0. The van der Waals surface area contributed by atoms with E-state index in [0.717, 1.165) is 43.3 Å². The SMILES string of the molecule is CCOCCCNCc1ccc(-c2cc(Cl)ccc2Cl)o1.Cl. The molecule has 22 heavy (non-hydrogen) atoms. The summed E-state index contributed by atoms with van der Waals surface area (Å²) < 4.78 is 11.1. The molecule has 0 bridgehead atoms. The Hall–Kier alpha value is -0.710. The normalized spacial score (nSPS) is 10.5. The molecule has 0 aliphatic carbocycles. The summed E-state index contributed by atoms with van der Waals surface area (Å²) in [5, 5.41) is 4.59. The van der Waals surface area contributed by atoms with Crippen LogP contribution in [0.2, 0.25) is 10.0 Å². The Balaban J connectivity index is 0.00000242. The molecule has 2 rings (SSSR count). The zero-order chi connectivity index (χ0) is 15.1. The first-order valence-corrected chi connectivity index (χ1v) is 7.79. The molecule has 0 saturated heterocycles. The second-order valence-electron chi connectivity index (χ2n) is 4.62. The van der Waals surface area contributed by atoms with E-state index in [2.05, 4.69) is 5.32 Å². The summed E-state index contributed by atoms with van der Waals surface area (Å²) in [6, 6.07) is 9.20. The maximum Gasteiger partial charge on any atom is 0.135 e. The molecule has 0 fully saturated rings. The summed E-state index contributed by atoms with van der Waals surface area (Å²) in [5.41, 5.74) is 0.812. The van der Waals surface area contributed by atoms with Gasteiger partial charge in [0, 0.05) is 23.8 Å². The largest absolute Gasteiger partial charge is 0.460 e. The summed E-state index contributed by atoms with van der Waals surface area (Å²) >= 11 is 12.2. The zero-order valence-electron chi connectivity index (χ0n) is 12.4. The van der Waals surface area contributed by atoms with Crippen molar-refractivity contribution in [2.24, 2.45) is 0 Å². The van der Waals surface area contributed by atoms with E-state index < -0.39 is 0 Å². The van der Waals surface area contributed by atoms with Crippen LogP contribution in [0.3, 0.4) is 0 Å². The lowest BCUT2D eigenvalue weighted by molar-refractivity contribution is 0.144. The molecule has 1 N–H and O–H groups in total. The second kappa shape index (κ2) is 10.1. The van der Waals surface area contributed by atoms with Gasteiger partial charge in [-0.1, -0.05) is 23.2 Å². The average molecular weight is 365 g/mol. The minimum Gasteiger partial charge on any atom is -0.460 e. The molecule has 0 unspecified atom stereocenters. The van der Waals surface area contributed by atoms with E-state index in [1.807, 2.05) is 25.1 Å². The molecule has 0 saturated carbocycles. The molecular weight excluding hydrogens is 345 g/mol. The van der Waals surface area contributed by atoms with Crippen LogP contribution >= 0.6 is 35.6 Å². The quantitative estimate of drug-likeness (QED) is 0.654. The smallest absolute Gasteiger partial charge is 0.135 e. The Bertz CT molecular complexity index is 572. The van der Waals surface area contributed by atoms with Gasteiger partial charge in [-0.15, -0.1) is 12.4 Å². The molecule has 122 valence electrons. The van der Waals surface area contributed by atoms with Crippen LogP contribution in [0.25, 0.3) is 11.3 Å². The monoisotopic (exact) mass is 363 g/mol. The van der Waals surface area contributed by atoms with Crippen molar-refractivity contribution in [2.45, 2.75) is 19.9 Å². The first-order valence-electron chi connectivity index (χ1n) is 7.03. The van der Waals surface area contributed by atoms with Crippen LogP contribution in [0.15, 0.2) is 34.7 Å². The third kappa shape index (κ3) is 5.82. The van der Waals surface area contributed by atoms with Crippen molar-refractivity contribution < 1.29 is 9.15 Å². The lowest BCUT2D eigenvalue weighted by Crippen LogP contribution is -2.15. The summed E-state index contributed by atoms with van der Waals surface area (Å²) in [6.07, 6.45) is 0.988. The lowest BCUT2D eigenvalue weighted by Gasteiger charge is -2.04. The highest BCUT2D eigenvalue weighted by Crippen LogP contribution is 2.31. The van der Waals surface area contributed by atoms with E-state index in [0.29, 0.717) is 16.6 Å². The van der Waals surface area contributed by atoms with Gasteiger partial charge in [0.25, 0.3) is 0 Å². The van der Waals surface area contributed by atoms with E-state index in [9.17, 15) is 0 Å². The molecule has 0 aliphatic heterocycles. The molecule has 6 heteroatoms. The number of halogens is 3. The highest BCUT2D eigenvalue weighted by atomic mass is 35.5. The van der Waals surface area contributed by atoms with Crippen molar-refractivity contribution in [3.05, 3.63) is 46.1 Å². The topological polar surface area (TPSA) is 34.4 Å². The number of nitrogens with one attached hydrogen (secondary N) is 1. The van der Waals surface area contributed by atoms with Crippen LogP contribution in [-0.4, -0.2) is 19.8 Å². The highest BCUT2D eigenvalue weighted by Gasteiger charge is 2.09. The van der Waals surface area contributed by atoms with Gasteiger partial charge in [0.2, 0.25) is 0 Å². The predicted molar refractivity (Wildman–Crippen MR) is 94.2 cm³/mol. The van der Waals surface area contributed by atoms with Crippen molar-refractivity contribution in [1.82, 2.24) is 5.32 Å². The lowest BCUT2D eigenvalue weighted by atomic mass is 10.2. The fraction of sp³-hybridized carbons (Fsp3) is 0.375. The Labute approximate surface area is 147 Å². The van der Waals surface area contributed by atoms with Gasteiger partial charge in [0.15, 0.2) is 0 Å². The molecule has 0 atom stereocenters. The van der Waals surface area contributed by atoms with Gasteiger partial charge in [-0.25, -0.2) is 0 Å². The standard InChI is InChI=1S/C16H19Cl2NO2.ClH/c1-2-20-9-3-8-19-11-13-5-7-16(21-13)14-10-12(17)4-6-15(14)18;/h4-7,10,19H,2-3,8-9,11H2,1H3;1H. The van der Waals surface area contributed by atoms with Gasteiger partial charge in [-0.2, -0.15) is 0 Å². The third-order valence-electron chi connectivity index (χ3n) is 3.00. The number of hydrogen-bond donors (Lipinski definition) is 1. The van der Waals surface area contributed by atoms with E-state index in [4.69, 9.17) is 32.4 Å². The van der Waals surface area contributed by atoms with Crippen molar-refractivity contribution in [3.8, 4) is 11.3 Å². The molecule has 1 aromatic heterocycles. The Kier molecular flexibility index (Phi) is 8.91. The van der Waals surface area contributed by atoms with Gasteiger partial charge in [-0.3, -0.25) is 0 Å². The highest BCUT2D eigenvalue weighted by molar-refractivity contribution is 6.35. The number of furan rings is 1. The number of rotatable bonds is 8. The summed E-state index contributed by atoms with van der Waals surface area (Å²) in [5.74, 6) is 1.60. The first-order chi connectivity index (χ1) is 10.2. The molecule has 1 aromatic carbocycles. The van der Waals surface area contributed by atoms with Crippen LogP contribution in [-0.2, 0) is 11.3 Å². The Morgan fingerprint density at radius 3 is 2.77 bits per heavy atom. The van der Waals surface area contributed by atoms with Crippen molar-refractivity contribution in [3.63, 3.8) is 0 Å². The van der Waals surface area contributed by atoms with Crippen molar-refractivity contribution in [1.29, 1.82) is 0 Å². The van der Waals surface area contributed by atoms with Gasteiger partial charge in [0.05, 0.1) is 11.6 Å². The fourth-order valence-corrected chi connectivity index (χ4v) is 2.34. The minimum absolute atomic E-state index is 0. The van der Waals surface area contributed by atoms with Crippen LogP contribution in [0.5, 0.6) is 0 Å². The van der Waals surface area contributed by atoms with E-state index in [1.165, 1.54) is 0 Å².